The molecule has 1 aliphatic carbocycles. The average molecular weight is 423 g/mol. The lowest BCUT2D eigenvalue weighted by atomic mass is 9.92. The van der Waals surface area contributed by atoms with Gasteiger partial charge in [0.15, 0.2) is 0 Å². The van der Waals surface area contributed by atoms with Gasteiger partial charge in [-0.25, -0.2) is 4.98 Å². The molecule has 0 spiro atoms. The molecule has 0 radical (unpaired) electrons. The molecule has 0 saturated carbocycles. The molecule has 162 valence electrons. The first-order chi connectivity index (χ1) is 15.8. The van der Waals surface area contributed by atoms with E-state index in [9.17, 15) is 0 Å². The van der Waals surface area contributed by atoms with E-state index in [-0.39, 0.29) is 0 Å². The Kier molecular flexibility index (Phi) is 6.02. The van der Waals surface area contributed by atoms with Gasteiger partial charge in [0.2, 0.25) is 0 Å². The van der Waals surface area contributed by atoms with Gasteiger partial charge in [0.25, 0.3) is 0 Å². The highest BCUT2D eigenvalue weighted by Crippen LogP contribution is 2.34. The first kappa shape index (κ1) is 20.5. The normalized spacial score (nSPS) is 13.0. The first-order valence-electron chi connectivity index (χ1n) is 11.6. The molecule has 1 N–H and O–H groups in total. The van der Waals surface area contributed by atoms with Crippen molar-refractivity contribution in [2.75, 3.05) is 23.3 Å². The van der Waals surface area contributed by atoms with Crippen LogP contribution in [0.3, 0.4) is 0 Å². The predicted octanol–water partition coefficient (Wildman–Crippen LogP) is 5.94. The van der Waals surface area contributed by atoms with Crippen molar-refractivity contribution in [1.82, 2.24) is 9.97 Å². The van der Waals surface area contributed by atoms with Gasteiger partial charge in [-0.1, -0.05) is 54.6 Å². The molecule has 0 unspecified atom stereocenters. The highest BCUT2D eigenvalue weighted by Gasteiger charge is 2.19. The van der Waals surface area contributed by atoms with E-state index in [0.717, 1.165) is 43.8 Å². The van der Waals surface area contributed by atoms with Gasteiger partial charge in [-0.2, -0.15) is 0 Å². The summed E-state index contributed by atoms with van der Waals surface area (Å²) in [4.78, 5) is 12.0. The maximum absolute atomic E-state index is 5.06. The third kappa shape index (κ3) is 4.31. The monoisotopic (exact) mass is 422 g/mol. The van der Waals surface area contributed by atoms with Gasteiger partial charge in [-0.3, -0.25) is 4.98 Å². The van der Waals surface area contributed by atoms with E-state index in [2.05, 4.69) is 82.8 Å². The summed E-state index contributed by atoms with van der Waals surface area (Å²) >= 11 is 0. The molecular weight excluding hydrogens is 392 g/mol. The first-order valence-corrected chi connectivity index (χ1v) is 11.6. The summed E-state index contributed by atoms with van der Waals surface area (Å²) < 4.78 is 0. The smallest absolute Gasteiger partial charge is 0.128 e. The molecule has 0 fully saturated rings. The Labute approximate surface area is 190 Å². The molecule has 2 aromatic carbocycles. The molecule has 0 bridgehead atoms. The Morgan fingerprint density at radius 3 is 2.59 bits per heavy atom. The van der Waals surface area contributed by atoms with Crippen LogP contribution in [0.15, 0.2) is 72.9 Å². The third-order valence-electron chi connectivity index (χ3n) is 6.37. The van der Waals surface area contributed by atoms with Crippen LogP contribution in [-0.2, 0) is 19.4 Å². The lowest BCUT2D eigenvalue weighted by Gasteiger charge is -2.26. The molecule has 0 saturated heterocycles. The van der Waals surface area contributed by atoms with Crippen molar-refractivity contribution >= 4 is 22.4 Å². The Morgan fingerprint density at radius 1 is 0.906 bits per heavy atom. The van der Waals surface area contributed by atoms with Crippen LogP contribution in [0.2, 0.25) is 0 Å². The maximum Gasteiger partial charge on any atom is 0.128 e. The predicted molar refractivity (Wildman–Crippen MR) is 133 cm³/mol. The Bertz CT molecular complexity index is 1190. The molecule has 5 rings (SSSR count). The molecular formula is C28H30N4. The van der Waals surface area contributed by atoms with Crippen LogP contribution in [0, 0.1) is 6.92 Å². The minimum Gasteiger partial charge on any atom is -0.382 e. The van der Waals surface area contributed by atoms with Gasteiger partial charge < -0.3 is 10.2 Å². The van der Waals surface area contributed by atoms with Crippen molar-refractivity contribution in [2.24, 2.45) is 0 Å². The largest absolute Gasteiger partial charge is 0.382 e. The number of fused-ring (bicyclic) bond motifs is 2. The molecule has 0 atom stereocenters. The Morgan fingerprint density at radius 2 is 1.75 bits per heavy atom. The van der Waals surface area contributed by atoms with Gasteiger partial charge in [-0.15, -0.1) is 0 Å². The van der Waals surface area contributed by atoms with E-state index in [1.165, 1.54) is 46.3 Å². The fraction of sp³-hybridized carbons (Fsp3) is 0.286. The number of pyridine rings is 2. The second kappa shape index (κ2) is 9.39. The van der Waals surface area contributed by atoms with E-state index >= 15 is 0 Å². The van der Waals surface area contributed by atoms with Gasteiger partial charge in [0.1, 0.15) is 5.82 Å². The van der Waals surface area contributed by atoms with Crippen LogP contribution in [-0.4, -0.2) is 23.1 Å². The number of hydrogen-bond donors (Lipinski definition) is 1. The Hall–Kier alpha value is -3.40. The number of nitrogens with zero attached hydrogens (tertiary/aromatic N) is 3. The molecule has 1 aliphatic rings. The van der Waals surface area contributed by atoms with Gasteiger partial charge in [0.05, 0.1) is 5.52 Å². The van der Waals surface area contributed by atoms with Crippen molar-refractivity contribution in [1.29, 1.82) is 0 Å². The van der Waals surface area contributed by atoms with E-state index in [1.807, 2.05) is 12.3 Å². The maximum atomic E-state index is 5.06. The zero-order chi connectivity index (χ0) is 21.8. The molecule has 0 amide bonds. The number of aromatic nitrogens is 2. The fourth-order valence-corrected chi connectivity index (χ4v) is 4.73. The fourth-order valence-electron chi connectivity index (χ4n) is 4.73. The summed E-state index contributed by atoms with van der Waals surface area (Å²) in [5.74, 6) is 1.01. The third-order valence-corrected chi connectivity index (χ3v) is 6.37. The highest BCUT2D eigenvalue weighted by atomic mass is 15.2. The van der Waals surface area contributed by atoms with Gasteiger partial charge >= 0.3 is 0 Å². The zero-order valence-electron chi connectivity index (χ0n) is 18.7. The summed E-state index contributed by atoms with van der Waals surface area (Å²) in [5, 5.41) is 5.07. The molecule has 32 heavy (non-hydrogen) atoms. The van der Waals surface area contributed by atoms with Gasteiger partial charge in [-0.05, 0) is 61.4 Å². The number of hydrogen-bond acceptors (Lipinski definition) is 4. The van der Waals surface area contributed by atoms with Crippen molar-refractivity contribution in [2.45, 2.75) is 39.2 Å². The average Bonchev–Trinajstić information content (AvgIpc) is 2.85. The van der Waals surface area contributed by atoms with Gasteiger partial charge in [0, 0.05) is 42.6 Å². The number of nitrogens with one attached hydrogen (secondary N) is 1. The highest BCUT2D eigenvalue weighted by molar-refractivity contribution is 5.95. The van der Waals surface area contributed by atoms with Crippen LogP contribution in [0.25, 0.3) is 10.9 Å². The number of benzene rings is 2. The van der Waals surface area contributed by atoms with Crippen LogP contribution in [0.1, 0.15) is 35.2 Å². The summed E-state index contributed by atoms with van der Waals surface area (Å²) in [6.07, 6.45) is 6.55. The Balaban J connectivity index is 1.41. The number of aryl methyl sites for hydroxylation is 2. The van der Waals surface area contributed by atoms with Crippen molar-refractivity contribution in [3.63, 3.8) is 0 Å². The quantitative estimate of drug-likeness (QED) is 0.400. The van der Waals surface area contributed by atoms with Crippen LogP contribution >= 0.6 is 0 Å². The standard InChI is InChI=1S/C28H30N4/c1-21-10-9-14-24-27(21)31-25-15-6-5-13-23(25)28(24)30-18-19-32(26-16-7-8-17-29-26)20-22-11-3-2-4-12-22/h2-4,7-12,14,16-17H,5-6,13,15,18-20H2,1H3,(H,30,31). The topological polar surface area (TPSA) is 41.0 Å². The van der Waals surface area contributed by atoms with E-state index in [1.54, 1.807) is 0 Å². The van der Waals surface area contributed by atoms with Crippen LogP contribution in [0.4, 0.5) is 11.5 Å². The zero-order valence-corrected chi connectivity index (χ0v) is 18.7. The summed E-state index contributed by atoms with van der Waals surface area (Å²) in [5.41, 5.74) is 7.67. The molecule has 0 aliphatic heterocycles. The molecule has 2 aromatic heterocycles. The summed E-state index contributed by atoms with van der Waals surface area (Å²) in [6.45, 7) is 4.73. The van der Waals surface area contributed by atoms with Crippen molar-refractivity contribution in [3.05, 3.63) is 95.3 Å². The van der Waals surface area contributed by atoms with E-state index in [0.29, 0.717) is 0 Å². The SMILES string of the molecule is Cc1cccc2c(NCCN(Cc3ccccc3)c3ccccn3)c3c(nc12)CCCC3. The molecule has 4 aromatic rings. The lowest BCUT2D eigenvalue weighted by molar-refractivity contribution is 0.671. The van der Waals surface area contributed by atoms with E-state index < -0.39 is 0 Å². The second-order valence-electron chi connectivity index (χ2n) is 8.61. The van der Waals surface area contributed by atoms with Crippen LogP contribution in [0.5, 0.6) is 0 Å². The minimum atomic E-state index is 0.841. The minimum absolute atomic E-state index is 0.841. The van der Waals surface area contributed by atoms with Crippen molar-refractivity contribution < 1.29 is 0 Å². The summed E-state index contributed by atoms with van der Waals surface area (Å²) in [7, 11) is 0. The number of anilines is 2. The number of para-hydroxylation sites is 1. The second-order valence-corrected chi connectivity index (χ2v) is 8.61. The van der Waals surface area contributed by atoms with Crippen molar-refractivity contribution in [3.8, 4) is 0 Å². The molecule has 2 heterocycles. The number of rotatable bonds is 7. The lowest BCUT2D eigenvalue weighted by Crippen LogP contribution is -2.29. The molecule has 4 heteroatoms. The van der Waals surface area contributed by atoms with Crippen LogP contribution < -0.4 is 10.2 Å². The van der Waals surface area contributed by atoms with E-state index in [4.69, 9.17) is 4.98 Å². The summed E-state index contributed by atoms with van der Waals surface area (Å²) in [6, 6.07) is 23.3. The molecule has 4 nitrogen and oxygen atoms in total.